The Hall–Kier alpha value is -1.26. The summed E-state index contributed by atoms with van der Waals surface area (Å²) in [5.74, 6) is -0.559. The van der Waals surface area contributed by atoms with Gasteiger partial charge in [0.2, 0.25) is 0 Å². The molecule has 0 heterocycles. The van der Waals surface area contributed by atoms with E-state index in [-0.39, 0.29) is 12.6 Å². The molecule has 2 N–H and O–H groups in total. The molecule has 1 aliphatic carbocycles. The molecule has 0 spiro atoms. The Bertz CT molecular complexity index is 301. The van der Waals surface area contributed by atoms with Crippen molar-refractivity contribution >= 4 is 12.0 Å². The SMILES string of the molecule is CC(CN(C)C(=O)NCCCC1CCCC1)C(=O)O. The average Bonchev–Trinajstić information content (AvgIpc) is 2.87. The largest absolute Gasteiger partial charge is 0.481 e. The number of nitrogens with zero attached hydrogens (tertiary/aromatic N) is 1. The topological polar surface area (TPSA) is 69.6 Å². The number of nitrogens with one attached hydrogen (secondary N) is 1. The first-order valence-electron chi connectivity index (χ1n) is 7.22. The molecular formula is C14H26N2O3. The number of amides is 2. The molecule has 2 amide bonds. The Morgan fingerprint density at radius 3 is 2.58 bits per heavy atom. The van der Waals surface area contributed by atoms with E-state index in [4.69, 9.17) is 5.11 Å². The first-order valence-corrected chi connectivity index (χ1v) is 7.22. The van der Waals surface area contributed by atoms with Crippen LogP contribution in [0, 0.1) is 11.8 Å². The van der Waals surface area contributed by atoms with E-state index in [2.05, 4.69) is 5.32 Å². The van der Waals surface area contributed by atoms with Crippen LogP contribution in [0.15, 0.2) is 0 Å². The summed E-state index contributed by atoms with van der Waals surface area (Å²) >= 11 is 0. The molecule has 1 rings (SSSR count). The van der Waals surface area contributed by atoms with Crippen LogP contribution in [0.5, 0.6) is 0 Å². The molecule has 19 heavy (non-hydrogen) atoms. The van der Waals surface area contributed by atoms with Crippen molar-refractivity contribution in [3.05, 3.63) is 0 Å². The van der Waals surface area contributed by atoms with Gasteiger partial charge in [-0.15, -0.1) is 0 Å². The number of urea groups is 1. The second-order valence-corrected chi connectivity index (χ2v) is 5.64. The van der Waals surface area contributed by atoms with Crippen LogP contribution in [-0.2, 0) is 4.79 Å². The lowest BCUT2D eigenvalue weighted by Crippen LogP contribution is -2.41. The standard InChI is InChI=1S/C14H26N2O3/c1-11(13(17)18)10-16(2)14(19)15-9-5-8-12-6-3-4-7-12/h11-12H,3-10H2,1-2H3,(H,15,19)(H,17,18). The third-order valence-electron chi connectivity index (χ3n) is 3.86. The lowest BCUT2D eigenvalue weighted by atomic mass is 10.0. The van der Waals surface area contributed by atoms with Crippen LogP contribution in [0.3, 0.4) is 0 Å². The minimum Gasteiger partial charge on any atom is -0.481 e. The zero-order valence-corrected chi connectivity index (χ0v) is 12.0. The maximum Gasteiger partial charge on any atom is 0.317 e. The van der Waals surface area contributed by atoms with E-state index >= 15 is 0 Å². The van der Waals surface area contributed by atoms with Crippen molar-refractivity contribution in [1.82, 2.24) is 10.2 Å². The molecule has 0 aromatic rings. The second-order valence-electron chi connectivity index (χ2n) is 5.64. The average molecular weight is 270 g/mol. The molecule has 1 unspecified atom stereocenters. The summed E-state index contributed by atoms with van der Waals surface area (Å²) in [6.07, 6.45) is 7.59. The van der Waals surface area contributed by atoms with E-state index < -0.39 is 11.9 Å². The highest BCUT2D eigenvalue weighted by atomic mass is 16.4. The minimum atomic E-state index is -0.874. The highest BCUT2D eigenvalue weighted by Gasteiger charge is 2.17. The van der Waals surface area contributed by atoms with Crippen molar-refractivity contribution < 1.29 is 14.7 Å². The summed E-state index contributed by atoms with van der Waals surface area (Å²) < 4.78 is 0. The maximum absolute atomic E-state index is 11.7. The second kappa shape index (κ2) is 8.02. The molecule has 5 nitrogen and oxygen atoms in total. The zero-order valence-electron chi connectivity index (χ0n) is 12.0. The summed E-state index contributed by atoms with van der Waals surface area (Å²) in [7, 11) is 1.63. The monoisotopic (exact) mass is 270 g/mol. The van der Waals surface area contributed by atoms with Gasteiger partial charge >= 0.3 is 12.0 Å². The number of hydrogen-bond donors (Lipinski definition) is 2. The smallest absolute Gasteiger partial charge is 0.317 e. The third-order valence-corrected chi connectivity index (χ3v) is 3.86. The quantitative estimate of drug-likeness (QED) is 0.697. The van der Waals surface area contributed by atoms with Crippen LogP contribution < -0.4 is 5.32 Å². The number of carbonyl (C=O) groups is 2. The van der Waals surface area contributed by atoms with Gasteiger partial charge in [-0.2, -0.15) is 0 Å². The molecule has 1 saturated carbocycles. The molecule has 0 aliphatic heterocycles. The summed E-state index contributed by atoms with van der Waals surface area (Å²) in [6, 6.07) is -0.181. The van der Waals surface area contributed by atoms with Gasteiger partial charge < -0.3 is 15.3 Å². The van der Waals surface area contributed by atoms with Crippen molar-refractivity contribution in [2.24, 2.45) is 11.8 Å². The van der Waals surface area contributed by atoms with E-state index in [1.807, 2.05) is 0 Å². The fraction of sp³-hybridized carbons (Fsp3) is 0.857. The van der Waals surface area contributed by atoms with Crippen molar-refractivity contribution in [2.45, 2.75) is 45.4 Å². The number of carboxylic acids is 1. The van der Waals surface area contributed by atoms with Crippen LogP contribution in [0.2, 0.25) is 0 Å². The predicted octanol–water partition coefficient (Wildman–Crippen LogP) is 2.32. The van der Waals surface area contributed by atoms with Gasteiger partial charge in [-0.25, -0.2) is 4.79 Å². The minimum absolute atomic E-state index is 0.181. The van der Waals surface area contributed by atoms with Gasteiger partial charge in [-0.1, -0.05) is 32.6 Å². The number of hydrogen-bond acceptors (Lipinski definition) is 2. The van der Waals surface area contributed by atoms with Gasteiger partial charge in [0.25, 0.3) is 0 Å². The van der Waals surface area contributed by atoms with E-state index in [1.54, 1.807) is 14.0 Å². The van der Waals surface area contributed by atoms with Gasteiger partial charge in [0.05, 0.1) is 5.92 Å². The zero-order chi connectivity index (χ0) is 14.3. The molecule has 0 bridgehead atoms. The number of aliphatic carboxylic acids is 1. The van der Waals surface area contributed by atoms with Crippen molar-refractivity contribution in [3.63, 3.8) is 0 Å². The van der Waals surface area contributed by atoms with Gasteiger partial charge in [0.15, 0.2) is 0 Å². The van der Waals surface area contributed by atoms with E-state index in [9.17, 15) is 9.59 Å². The summed E-state index contributed by atoms with van der Waals surface area (Å²) in [4.78, 5) is 23.9. The number of rotatable bonds is 7. The molecule has 0 radical (unpaired) electrons. The molecule has 1 aliphatic rings. The highest BCUT2D eigenvalue weighted by Crippen LogP contribution is 2.28. The summed E-state index contributed by atoms with van der Waals surface area (Å²) in [5, 5.41) is 11.6. The fourth-order valence-corrected chi connectivity index (χ4v) is 2.59. The first-order chi connectivity index (χ1) is 9.00. The Kier molecular flexibility index (Phi) is 6.67. The van der Waals surface area contributed by atoms with Crippen molar-refractivity contribution in [1.29, 1.82) is 0 Å². The van der Waals surface area contributed by atoms with E-state index in [1.165, 1.54) is 37.0 Å². The molecule has 0 aromatic heterocycles. The molecule has 0 aromatic carbocycles. The molecular weight excluding hydrogens is 244 g/mol. The normalized spacial score (nSPS) is 17.2. The van der Waals surface area contributed by atoms with Crippen LogP contribution in [0.25, 0.3) is 0 Å². The van der Waals surface area contributed by atoms with Crippen LogP contribution in [0.4, 0.5) is 4.79 Å². The van der Waals surface area contributed by atoms with Gasteiger partial charge in [-0.05, 0) is 18.8 Å². The highest BCUT2D eigenvalue weighted by molar-refractivity contribution is 5.75. The third kappa shape index (κ3) is 5.94. The summed E-state index contributed by atoms with van der Waals surface area (Å²) in [6.45, 7) is 2.52. The first kappa shape index (κ1) is 15.8. The van der Waals surface area contributed by atoms with Crippen LogP contribution >= 0.6 is 0 Å². The molecule has 0 saturated heterocycles. The van der Waals surface area contributed by atoms with Gasteiger partial charge in [0.1, 0.15) is 0 Å². The fourth-order valence-electron chi connectivity index (χ4n) is 2.59. The lowest BCUT2D eigenvalue weighted by Gasteiger charge is -2.20. The molecule has 1 atom stereocenters. The maximum atomic E-state index is 11.7. The van der Waals surface area contributed by atoms with Gasteiger partial charge in [0, 0.05) is 20.1 Å². The van der Waals surface area contributed by atoms with E-state index in [0.29, 0.717) is 6.54 Å². The van der Waals surface area contributed by atoms with E-state index in [0.717, 1.165) is 12.3 Å². The number of carboxylic acid groups (broad SMARTS) is 1. The Balaban J connectivity index is 2.10. The van der Waals surface area contributed by atoms with Crippen molar-refractivity contribution in [2.75, 3.05) is 20.1 Å². The Labute approximate surface area is 115 Å². The Morgan fingerprint density at radius 1 is 1.37 bits per heavy atom. The molecule has 5 heteroatoms. The van der Waals surface area contributed by atoms with Crippen molar-refractivity contribution in [3.8, 4) is 0 Å². The Morgan fingerprint density at radius 2 is 2.00 bits per heavy atom. The number of carbonyl (C=O) groups excluding carboxylic acids is 1. The lowest BCUT2D eigenvalue weighted by molar-refractivity contribution is -0.141. The molecule has 110 valence electrons. The predicted molar refractivity (Wildman–Crippen MR) is 74.0 cm³/mol. The molecule has 1 fully saturated rings. The summed E-state index contributed by atoms with van der Waals surface area (Å²) in [5.41, 5.74) is 0. The van der Waals surface area contributed by atoms with Crippen LogP contribution in [0.1, 0.15) is 45.4 Å². The van der Waals surface area contributed by atoms with Gasteiger partial charge in [-0.3, -0.25) is 4.79 Å². The van der Waals surface area contributed by atoms with Crippen LogP contribution in [-0.4, -0.2) is 42.1 Å².